The number of para-hydroxylation sites is 1. The van der Waals surface area contributed by atoms with Gasteiger partial charge in [-0.15, -0.1) is 0 Å². The van der Waals surface area contributed by atoms with E-state index >= 15 is 0 Å². The molecule has 7 heteroatoms. The summed E-state index contributed by atoms with van der Waals surface area (Å²) in [5, 5.41) is 0. The first kappa shape index (κ1) is 17.1. The van der Waals surface area contributed by atoms with Crippen molar-refractivity contribution in [2.75, 3.05) is 30.1 Å². The Hall–Kier alpha value is -0.920. The highest BCUT2D eigenvalue weighted by atomic mass is 32.2. The third-order valence-electron chi connectivity index (χ3n) is 2.65. The van der Waals surface area contributed by atoms with Gasteiger partial charge in [-0.25, -0.2) is 8.42 Å². The van der Waals surface area contributed by atoms with Crippen molar-refractivity contribution < 1.29 is 17.4 Å². The highest BCUT2D eigenvalue weighted by Gasteiger charge is 2.07. The fourth-order valence-corrected chi connectivity index (χ4v) is 4.16. The summed E-state index contributed by atoms with van der Waals surface area (Å²) in [5.41, 5.74) is 6.53. The van der Waals surface area contributed by atoms with Crippen molar-refractivity contribution in [1.82, 2.24) is 0 Å². The topological polar surface area (TPSA) is 86.5 Å². The second kappa shape index (κ2) is 8.39. The average Bonchev–Trinajstić information content (AvgIpc) is 2.41. The van der Waals surface area contributed by atoms with Crippen molar-refractivity contribution in [3.8, 4) is 5.75 Å². The van der Waals surface area contributed by atoms with Crippen LogP contribution in [0, 0.1) is 0 Å². The minimum atomic E-state index is -3.04. The zero-order valence-electron chi connectivity index (χ0n) is 11.6. The molecule has 0 saturated heterocycles. The second-order valence-corrected chi connectivity index (χ2v) is 8.45. The van der Waals surface area contributed by atoms with Gasteiger partial charge in [0.25, 0.3) is 0 Å². The van der Waals surface area contributed by atoms with Crippen molar-refractivity contribution >= 4 is 20.6 Å². The van der Waals surface area contributed by atoms with Gasteiger partial charge in [0.15, 0.2) is 0 Å². The molecule has 1 aromatic carbocycles. The first-order chi connectivity index (χ1) is 9.42. The molecule has 0 aliphatic carbocycles. The highest BCUT2D eigenvalue weighted by Crippen LogP contribution is 2.17. The van der Waals surface area contributed by atoms with Gasteiger partial charge < -0.3 is 10.5 Å². The van der Waals surface area contributed by atoms with Crippen LogP contribution in [0.2, 0.25) is 0 Å². The lowest BCUT2D eigenvalue weighted by atomic mass is 10.2. The molecule has 1 aromatic rings. The van der Waals surface area contributed by atoms with Crippen LogP contribution in [0.1, 0.15) is 12.0 Å². The maximum Gasteiger partial charge on any atom is 0.148 e. The number of ether oxygens (including phenoxy) is 1. The summed E-state index contributed by atoms with van der Waals surface area (Å²) in [6.07, 6.45) is 1.77. The van der Waals surface area contributed by atoms with E-state index in [4.69, 9.17) is 10.5 Å². The third kappa shape index (κ3) is 7.02. The number of hydrogen-bond donors (Lipinski definition) is 1. The Morgan fingerprint density at radius 1 is 1.25 bits per heavy atom. The first-order valence-corrected chi connectivity index (χ1v) is 9.90. The molecule has 20 heavy (non-hydrogen) atoms. The van der Waals surface area contributed by atoms with Crippen molar-refractivity contribution in [2.45, 2.75) is 13.0 Å². The van der Waals surface area contributed by atoms with E-state index in [1.807, 2.05) is 24.3 Å². The van der Waals surface area contributed by atoms with Crippen LogP contribution in [0.4, 0.5) is 0 Å². The molecule has 1 atom stereocenters. The van der Waals surface area contributed by atoms with E-state index in [9.17, 15) is 12.6 Å². The summed E-state index contributed by atoms with van der Waals surface area (Å²) in [5.74, 6) is 1.35. The van der Waals surface area contributed by atoms with Gasteiger partial charge in [0.1, 0.15) is 15.6 Å². The maximum atomic E-state index is 11.6. The van der Waals surface area contributed by atoms with Gasteiger partial charge in [-0.3, -0.25) is 4.21 Å². The monoisotopic (exact) mass is 319 g/mol. The number of sulfone groups is 1. The van der Waals surface area contributed by atoms with Crippen LogP contribution < -0.4 is 10.5 Å². The highest BCUT2D eigenvalue weighted by molar-refractivity contribution is 7.92. The van der Waals surface area contributed by atoms with E-state index in [1.54, 1.807) is 0 Å². The number of benzene rings is 1. The predicted octanol–water partition coefficient (Wildman–Crippen LogP) is 0.707. The number of rotatable bonds is 9. The molecule has 0 fully saturated rings. The lowest BCUT2D eigenvalue weighted by Gasteiger charge is -2.09. The standard InChI is InChI=1S/C13H21NO4S2/c1-20(16,17)10-9-19(15)8-4-7-18-13-6-3-2-5-12(13)11-14/h2-3,5-6H,4,7-11,14H2,1H3. The second-order valence-electron chi connectivity index (χ2n) is 4.49. The van der Waals surface area contributed by atoms with E-state index in [0.717, 1.165) is 17.6 Å². The van der Waals surface area contributed by atoms with Gasteiger partial charge in [0, 0.05) is 40.7 Å². The van der Waals surface area contributed by atoms with Gasteiger partial charge >= 0.3 is 0 Å². The van der Waals surface area contributed by atoms with Crippen LogP contribution >= 0.6 is 0 Å². The Labute approximate surface area is 122 Å². The molecule has 0 radical (unpaired) electrons. The van der Waals surface area contributed by atoms with E-state index in [1.165, 1.54) is 0 Å². The minimum Gasteiger partial charge on any atom is -0.493 e. The molecule has 2 N–H and O–H groups in total. The Morgan fingerprint density at radius 2 is 1.95 bits per heavy atom. The molecule has 0 bridgehead atoms. The lowest BCUT2D eigenvalue weighted by molar-refractivity contribution is 0.315. The Balaban J connectivity index is 2.26. The lowest BCUT2D eigenvalue weighted by Crippen LogP contribution is -2.15. The summed E-state index contributed by atoms with van der Waals surface area (Å²) in [6, 6.07) is 7.52. The maximum absolute atomic E-state index is 11.6. The van der Waals surface area contributed by atoms with Gasteiger partial charge in [-0.2, -0.15) is 0 Å². The Kier molecular flexibility index (Phi) is 7.18. The molecular weight excluding hydrogens is 298 g/mol. The number of hydrogen-bond acceptors (Lipinski definition) is 5. The third-order valence-corrected chi connectivity index (χ3v) is 5.26. The Bertz CT molecular complexity index is 543. The van der Waals surface area contributed by atoms with Gasteiger partial charge in [0.05, 0.1) is 12.4 Å². The summed E-state index contributed by atoms with van der Waals surface area (Å²) < 4.78 is 39.1. The van der Waals surface area contributed by atoms with E-state index in [2.05, 4.69) is 0 Å². The van der Waals surface area contributed by atoms with E-state index < -0.39 is 20.6 Å². The van der Waals surface area contributed by atoms with Crippen LogP contribution in [0.25, 0.3) is 0 Å². The molecule has 5 nitrogen and oxygen atoms in total. The predicted molar refractivity (Wildman–Crippen MR) is 82.0 cm³/mol. The van der Waals surface area contributed by atoms with Gasteiger partial charge in [0.2, 0.25) is 0 Å². The van der Waals surface area contributed by atoms with Crippen LogP contribution in [-0.2, 0) is 27.2 Å². The normalized spacial score (nSPS) is 13.1. The van der Waals surface area contributed by atoms with Crippen molar-refractivity contribution in [3.63, 3.8) is 0 Å². The van der Waals surface area contributed by atoms with Crippen molar-refractivity contribution in [2.24, 2.45) is 5.73 Å². The summed E-state index contributed by atoms with van der Waals surface area (Å²) in [7, 11) is -4.16. The molecule has 0 aromatic heterocycles. The van der Waals surface area contributed by atoms with Crippen LogP contribution in [0.3, 0.4) is 0 Å². The molecule has 0 saturated carbocycles. The molecule has 0 heterocycles. The summed E-state index contributed by atoms with van der Waals surface area (Å²) >= 11 is 0. The zero-order chi connectivity index (χ0) is 15.0. The average molecular weight is 319 g/mol. The SMILES string of the molecule is CS(=O)(=O)CCS(=O)CCCOc1ccccc1CN. The van der Waals surface area contributed by atoms with E-state index in [-0.39, 0.29) is 11.5 Å². The molecule has 0 spiro atoms. The molecule has 0 amide bonds. The summed E-state index contributed by atoms with van der Waals surface area (Å²) in [4.78, 5) is 0. The molecule has 0 aliphatic rings. The van der Waals surface area contributed by atoms with Crippen LogP contribution in [0.15, 0.2) is 24.3 Å². The Morgan fingerprint density at radius 3 is 2.60 bits per heavy atom. The quantitative estimate of drug-likeness (QED) is 0.677. The molecule has 1 rings (SSSR count). The largest absolute Gasteiger partial charge is 0.493 e. The smallest absolute Gasteiger partial charge is 0.148 e. The first-order valence-electron chi connectivity index (χ1n) is 6.36. The number of nitrogens with two attached hydrogens (primary N) is 1. The summed E-state index contributed by atoms with van der Waals surface area (Å²) in [6.45, 7) is 0.859. The van der Waals surface area contributed by atoms with E-state index in [0.29, 0.717) is 25.3 Å². The van der Waals surface area contributed by atoms with Crippen molar-refractivity contribution in [1.29, 1.82) is 0 Å². The van der Waals surface area contributed by atoms with Crippen LogP contribution in [0.5, 0.6) is 5.75 Å². The molecule has 114 valence electrons. The molecule has 0 aliphatic heterocycles. The van der Waals surface area contributed by atoms with Gasteiger partial charge in [-0.1, -0.05) is 18.2 Å². The zero-order valence-corrected chi connectivity index (χ0v) is 13.2. The molecular formula is C13H21NO4S2. The fourth-order valence-electron chi connectivity index (χ4n) is 1.56. The minimum absolute atomic E-state index is 0.0313. The van der Waals surface area contributed by atoms with Gasteiger partial charge in [-0.05, 0) is 12.5 Å². The fraction of sp³-hybridized carbons (Fsp3) is 0.538. The van der Waals surface area contributed by atoms with Crippen molar-refractivity contribution in [3.05, 3.63) is 29.8 Å². The van der Waals surface area contributed by atoms with Crippen LogP contribution in [-0.4, -0.2) is 42.7 Å². The molecule has 1 unspecified atom stereocenters.